The second-order valence-electron chi connectivity index (χ2n) is 6.07. The van der Waals surface area contributed by atoms with Crippen LogP contribution in [0.25, 0.3) is 0 Å². The van der Waals surface area contributed by atoms with Crippen molar-refractivity contribution in [3.8, 4) is 5.75 Å². The van der Waals surface area contributed by atoms with Gasteiger partial charge in [0.05, 0.1) is 13.2 Å². The Balaban J connectivity index is 1.88. The molecular formula is C22H21NO3S. The van der Waals surface area contributed by atoms with Crippen LogP contribution < -0.4 is 10.1 Å². The molecule has 0 radical (unpaired) electrons. The van der Waals surface area contributed by atoms with Crippen molar-refractivity contribution in [3.05, 3.63) is 95.6 Å². The summed E-state index contributed by atoms with van der Waals surface area (Å²) in [5.41, 5.74) is 2.47. The lowest BCUT2D eigenvalue weighted by atomic mass is 9.98. The van der Waals surface area contributed by atoms with E-state index in [9.17, 15) is 9.00 Å². The standard InChI is InChI=1S/C22H21NO3S/c1-26-19-12-8-17(9-13-19)21(16-6-4-3-5-7-16)23-22(24)18-10-14-20(15-11-18)27(2)25/h3-15,21H,1-2H3,(H,23,24)/t21-,27-/m0/s1. The van der Waals surface area contributed by atoms with Crippen molar-refractivity contribution in [2.24, 2.45) is 0 Å². The molecule has 0 heterocycles. The van der Waals surface area contributed by atoms with Crippen LogP contribution in [0.15, 0.2) is 83.8 Å². The van der Waals surface area contributed by atoms with E-state index in [0.717, 1.165) is 16.9 Å². The fourth-order valence-corrected chi connectivity index (χ4v) is 3.33. The summed E-state index contributed by atoms with van der Waals surface area (Å²) in [5, 5.41) is 3.10. The Labute approximate surface area is 161 Å². The third kappa shape index (κ3) is 4.63. The van der Waals surface area contributed by atoms with E-state index in [4.69, 9.17) is 4.74 Å². The van der Waals surface area contributed by atoms with Crippen LogP contribution in [0.1, 0.15) is 27.5 Å². The van der Waals surface area contributed by atoms with Crippen LogP contribution >= 0.6 is 0 Å². The zero-order valence-electron chi connectivity index (χ0n) is 15.2. The monoisotopic (exact) mass is 379 g/mol. The van der Waals surface area contributed by atoms with Gasteiger partial charge in [0.1, 0.15) is 5.75 Å². The molecule has 0 bridgehead atoms. The van der Waals surface area contributed by atoms with Gasteiger partial charge in [-0.2, -0.15) is 0 Å². The SMILES string of the molecule is COc1ccc([C@@H](NC(=O)c2ccc([S@](C)=O)cc2)c2ccccc2)cc1. The first-order chi connectivity index (χ1) is 13.1. The molecule has 0 aliphatic rings. The van der Waals surface area contributed by atoms with E-state index in [1.165, 1.54) is 0 Å². The number of nitrogens with one attached hydrogen (secondary N) is 1. The maximum absolute atomic E-state index is 12.8. The Morgan fingerprint density at radius 1 is 0.889 bits per heavy atom. The quantitative estimate of drug-likeness (QED) is 0.705. The number of amides is 1. The third-order valence-electron chi connectivity index (χ3n) is 4.31. The first-order valence-corrected chi connectivity index (χ1v) is 10.1. The summed E-state index contributed by atoms with van der Waals surface area (Å²) in [7, 11) is 0.556. The second kappa shape index (κ2) is 8.64. The number of benzene rings is 3. The Hall–Kier alpha value is -2.92. The predicted octanol–water partition coefficient (Wildman–Crippen LogP) is 3.95. The Morgan fingerprint density at radius 2 is 1.48 bits per heavy atom. The molecule has 1 amide bonds. The Bertz CT molecular complexity index is 922. The first-order valence-electron chi connectivity index (χ1n) is 8.51. The van der Waals surface area contributed by atoms with Gasteiger partial charge in [-0.3, -0.25) is 9.00 Å². The number of carbonyl (C=O) groups is 1. The normalized spacial score (nSPS) is 12.8. The van der Waals surface area contributed by atoms with E-state index in [2.05, 4.69) is 5.32 Å². The van der Waals surface area contributed by atoms with Crippen molar-refractivity contribution >= 4 is 16.7 Å². The lowest BCUT2D eigenvalue weighted by Crippen LogP contribution is -2.29. The second-order valence-corrected chi connectivity index (χ2v) is 7.45. The molecule has 3 aromatic rings. The molecule has 0 spiro atoms. The number of methoxy groups -OCH3 is 1. The molecule has 0 fully saturated rings. The maximum atomic E-state index is 12.8. The van der Waals surface area contributed by atoms with Crippen LogP contribution in [-0.2, 0) is 10.8 Å². The van der Waals surface area contributed by atoms with Crippen molar-refractivity contribution in [1.82, 2.24) is 5.32 Å². The molecule has 3 rings (SSSR count). The average Bonchev–Trinajstić information content (AvgIpc) is 2.72. The highest BCUT2D eigenvalue weighted by molar-refractivity contribution is 7.84. The molecule has 27 heavy (non-hydrogen) atoms. The first kappa shape index (κ1) is 18.9. The van der Waals surface area contributed by atoms with Crippen LogP contribution in [0.4, 0.5) is 0 Å². The number of hydrogen-bond donors (Lipinski definition) is 1. The predicted molar refractivity (Wildman–Crippen MR) is 108 cm³/mol. The zero-order valence-corrected chi connectivity index (χ0v) is 16.0. The minimum Gasteiger partial charge on any atom is -0.497 e. The highest BCUT2D eigenvalue weighted by atomic mass is 32.2. The number of hydrogen-bond acceptors (Lipinski definition) is 3. The molecule has 3 aromatic carbocycles. The smallest absolute Gasteiger partial charge is 0.252 e. The van der Waals surface area contributed by atoms with E-state index in [0.29, 0.717) is 10.5 Å². The zero-order chi connectivity index (χ0) is 19.2. The Kier molecular flexibility index (Phi) is 6.04. The lowest BCUT2D eigenvalue weighted by molar-refractivity contribution is 0.0943. The molecule has 5 heteroatoms. The molecule has 138 valence electrons. The number of rotatable bonds is 6. The molecule has 0 unspecified atom stereocenters. The average molecular weight is 379 g/mol. The topological polar surface area (TPSA) is 55.4 Å². The summed E-state index contributed by atoms with van der Waals surface area (Å²) in [5.74, 6) is 0.577. The summed E-state index contributed by atoms with van der Waals surface area (Å²) in [6, 6.07) is 24.0. The van der Waals surface area contributed by atoms with Gasteiger partial charge in [0.2, 0.25) is 0 Å². The van der Waals surface area contributed by atoms with Crippen molar-refractivity contribution in [2.75, 3.05) is 13.4 Å². The molecule has 0 aliphatic heterocycles. The van der Waals surface area contributed by atoms with Crippen molar-refractivity contribution < 1.29 is 13.7 Å². The molecule has 1 N–H and O–H groups in total. The summed E-state index contributed by atoms with van der Waals surface area (Å²) in [6.45, 7) is 0. The molecule has 0 aromatic heterocycles. The van der Waals surface area contributed by atoms with E-state index in [-0.39, 0.29) is 11.9 Å². The minimum atomic E-state index is -1.07. The number of ether oxygens (including phenoxy) is 1. The van der Waals surface area contributed by atoms with Crippen LogP contribution in [0.2, 0.25) is 0 Å². The minimum absolute atomic E-state index is 0.187. The fourth-order valence-electron chi connectivity index (χ4n) is 2.81. The summed E-state index contributed by atoms with van der Waals surface area (Å²) < 4.78 is 16.8. The van der Waals surface area contributed by atoms with E-state index in [1.807, 2.05) is 54.6 Å². The fraction of sp³-hybridized carbons (Fsp3) is 0.136. The van der Waals surface area contributed by atoms with Gasteiger partial charge >= 0.3 is 0 Å². The van der Waals surface area contributed by atoms with Gasteiger partial charge in [-0.05, 0) is 47.5 Å². The number of carbonyl (C=O) groups excluding carboxylic acids is 1. The van der Waals surface area contributed by atoms with Gasteiger partial charge < -0.3 is 10.1 Å². The van der Waals surface area contributed by atoms with Gasteiger partial charge in [0, 0.05) is 27.5 Å². The van der Waals surface area contributed by atoms with Crippen molar-refractivity contribution in [2.45, 2.75) is 10.9 Å². The molecule has 4 nitrogen and oxygen atoms in total. The van der Waals surface area contributed by atoms with Gasteiger partial charge in [-0.15, -0.1) is 0 Å². The summed E-state index contributed by atoms with van der Waals surface area (Å²) >= 11 is 0. The van der Waals surface area contributed by atoms with E-state index >= 15 is 0 Å². The van der Waals surface area contributed by atoms with Crippen LogP contribution in [0, 0.1) is 0 Å². The van der Waals surface area contributed by atoms with Crippen LogP contribution in [0.3, 0.4) is 0 Å². The third-order valence-corrected chi connectivity index (χ3v) is 5.24. The summed E-state index contributed by atoms with van der Waals surface area (Å²) in [6.07, 6.45) is 1.62. The molecule has 2 atom stereocenters. The van der Waals surface area contributed by atoms with Gasteiger partial charge in [0.15, 0.2) is 0 Å². The Morgan fingerprint density at radius 3 is 2.04 bits per heavy atom. The lowest BCUT2D eigenvalue weighted by Gasteiger charge is -2.20. The van der Waals surface area contributed by atoms with Crippen LogP contribution in [-0.4, -0.2) is 23.5 Å². The largest absolute Gasteiger partial charge is 0.497 e. The summed E-state index contributed by atoms with van der Waals surface area (Å²) in [4.78, 5) is 13.5. The van der Waals surface area contributed by atoms with Crippen LogP contribution in [0.5, 0.6) is 5.75 Å². The van der Waals surface area contributed by atoms with Crippen molar-refractivity contribution in [1.29, 1.82) is 0 Å². The van der Waals surface area contributed by atoms with Gasteiger partial charge in [-0.25, -0.2) is 0 Å². The van der Waals surface area contributed by atoms with Crippen molar-refractivity contribution in [3.63, 3.8) is 0 Å². The molecule has 0 saturated heterocycles. The van der Waals surface area contributed by atoms with Gasteiger partial charge in [-0.1, -0.05) is 42.5 Å². The van der Waals surface area contributed by atoms with Gasteiger partial charge in [0.25, 0.3) is 5.91 Å². The molecular weight excluding hydrogens is 358 g/mol. The highest BCUT2D eigenvalue weighted by Crippen LogP contribution is 2.24. The molecule has 0 saturated carbocycles. The maximum Gasteiger partial charge on any atom is 0.252 e. The van der Waals surface area contributed by atoms with E-state index < -0.39 is 10.8 Å². The molecule has 0 aliphatic carbocycles. The van der Waals surface area contributed by atoms with E-state index in [1.54, 1.807) is 37.6 Å². The highest BCUT2D eigenvalue weighted by Gasteiger charge is 2.18.